The highest BCUT2D eigenvalue weighted by atomic mass is 19.1. The van der Waals surface area contributed by atoms with E-state index in [9.17, 15) is 18.9 Å². The summed E-state index contributed by atoms with van der Waals surface area (Å²) in [7, 11) is 0. The number of anilines is 1. The molecule has 4 N–H and O–H groups in total. The van der Waals surface area contributed by atoms with Gasteiger partial charge in [0.05, 0.1) is 4.92 Å². The first-order chi connectivity index (χ1) is 10.9. The average molecular weight is 326 g/mol. The van der Waals surface area contributed by atoms with Gasteiger partial charge in [-0.05, 0) is 0 Å². The van der Waals surface area contributed by atoms with Crippen LogP contribution in [0.25, 0.3) is 0 Å². The van der Waals surface area contributed by atoms with E-state index in [1.807, 2.05) is 13.8 Å². The number of amidine groups is 1. The van der Waals surface area contributed by atoms with Gasteiger partial charge in [0.1, 0.15) is 12.3 Å². The van der Waals surface area contributed by atoms with Crippen molar-refractivity contribution in [2.24, 2.45) is 10.7 Å². The lowest BCUT2D eigenvalue weighted by atomic mass is 10.2. The van der Waals surface area contributed by atoms with Crippen LogP contribution in [0.15, 0.2) is 40.9 Å². The molecule has 23 heavy (non-hydrogen) atoms. The Morgan fingerprint density at radius 1 is 1.26 bits per heavy atom. The fourth-order valence-electron chi connectivity index (χ4n) is 1.64. The zero-order chi connectivity index (χ0) is 17.6. The van der Waals surface area contributed by atoms with Crippen LogP contribution in [0.1, 0.15) is 20.3 Å². The summed E-state index contributed by atoms with van der Waals surface area (Å²) in [6, 6.07) is 1.69. The van der Waals surface area contributed by atoms with Crippen LogP contribution in [0.5, 0.6) is 5.75 Å². The molecule has 0 spiro atoms. The summed E-state index contributed by atoms with van der Waals surface area (Å²) in [5.41, 5.74) is 10.1. The molecule has 1 aliphatic heterocycles. The number of hydrogen-bond acceptors (Lipinski definition) is 6. The highest BCUT2D eigenvalue weighted by Crippen LogP contribution is 2.28. The Morgan fingerprint density at radius 2 is 1.83 bits per heavy atom. The van der Waals surface area contributed by atoms with E-state index in [2.05, 4.69) is 4.99 Å². The Balaban J connectivity index is 0.00000127. The van der Waals surface area contributed by atoms with Crippen molar-refractivity contribution in [2.45, 2.75) is 20.3 Å². The molecule has 2 rings (SSSR count). The second-order valence-corrected chi connectivity index (χ2v) is 4.10. The molecule has 1 aromatic rings. The number of hydrogen-bond donors (Lipinski definition) is 2. The van der Waals surface area contributed by atoms with Gasteiger partial charge in [-0.25, -0.2) is 13.8 Å². The zero-order valence-electron chi connectivity index (χ0n) is 12.5. The van der Waals surface area contributed by atoms with E-state index in [4.69, 9.17) is 16.2 Å². The van der Waals surface area contributed by atoms with E-state index in [1.54, 1.807) is 0 Å². The minimum atomic E-state index is -1.07. The predicted molar refractivity (Wildman–Crippen MR) is 82.1 cm³/mol. The summed E-state index contributed by atoms with van der Waals surface area (Å²) < 4.78 is 32.3. The third-order valence-electron chi connectivity index (χ3n) is 2.55. The summed E-state index contributed by atoms with van der Waals surface area (Å²) >= 11 is 0. The number of aliphatic imine (C=N–C) groups is 1. The number of nitro groups is 1. The molecule has 124 valence electrons. The average Bonchev–Trinajstić information content (AvgIpc) is 2.66. The van der Waals surface area contributed by atoms with Gasteiger partial charge >= 0.3 is 0 Å². The summed E-state index contributed by atoms with van der Waals surface area (Å²) in [6.07, 6.45) is 1.94. The van der Waals surface area contributed by atoms with Crippen molar-refractivity contribution in [1.29, 1.82) is 0 Å². The maximum atomic E-state index is 13.7. The maximum Gasteiger partial charge on any atom is 0.295 e. The van der Waals surface area contributed by atoms with Gasteiger partial charge in [-0.3, -0.25) is 10.1 Å². The standard InChI is InChI=1S/C12H10F2N4O3.C2H6/c13-7-3-6(15)4-8(14)12(7)21-10-1-2-17-11(16)5-9(10)18(19)20;1-2/h1-4H,5,15H2,(H2,16,17);1-2H3. The first kappa shape index (κ1) is 18.1. The molecule has 1 heterocycles. The van der Waals surface area contributed by atoms with Crippen LogP contribution >= 0.6 is 0 Å². The van der Waals surface area contributed by atoms with Gasteiger partial charge in [-0.2, -0.15) is 0 Å². The van der Waals surface area contributed by atoms with E-state index >= 15 is 0 Å². The number of nitrogen functional groups attached to an aromatic ring is 1. The summed E-state index contributed by atoms with van der Waals surface area (Å²) in [4.78, 5) is 13.9. The molecule has 1 aliphatic rings. The number of nitrogens with zero attached hydrogens (tertiary/aromatic N) is 2. The van der Waals surface area contributed by atoms with Gasteiger partial charge < -0.3 is 16.2 Å². The van der Waals surface area contributed by atoms with Gasteiger partial charge in [0.2, 0.25) is 5.76 Å². The third kappa shape index (κ3) is 4.50. The second kappa shape index (κ2) is 7.87. The van der Waals surface area contributed by atoms with Gasteiger partial charge in [0.25, 0.3) is 5.70 Å². The number of benzene rings is 1. The first-order valence-corrected chi connectivity index (χ1v) is 6.67. The van der Waals surface area contributed by atoms with Gasteiger partial charge in [0, 0.05) is 30.1 Å². The summed E-state index contributed by atoms with van der Waals surface area (Å²) in [5, 5.41) is 11.0. The Labute approximate surface area is 131 Å². The normalized spacial score (nSPS) is 13.7. The van der Waals surface area contributed by atoms with Crippen LogP contribution in [0, 0.1) is 21.7 Å². The van der Waals surface area contributed by atoms with Crippen LogP contribution in [0.2, 0.25) is 0 Å². The molecule has 9 heteroatoms. The Morgan fingerprint density at radius 3 is 2.35 bits per heavy atom. The Hall–Kier alpha value is -2.97. The first-order valence-electron chi connectivity index (χ1n) is 6.67. The van der Waals surface area contributed by atoms with Crippen molar-refractivity contribution in [3.63, 3.8) is 0 Å². The van der Waals surface area contributed by atoms with Crippen molar-refractivity contribution < 1.29 is 18.4 Å². The number of ether oxygens (including phenoxy) is 1. The van der Waals surface area contributed by atoms with E-state index in [0.29, 0.717) is 0 Å². The van der Waals surface area contributed by atoms with Crippen molar-refractivity contribution in [2.75, 3.05) is 5.73 Å². The predicted octanol–water partition coefficient (Wildman–Crippen LogP) is 2.71. The molecule has 0 aromatic heterocycles. The molecule has 0 aliphatic carbocycles. The molecule has 0 bridgehead atoms. The van der Waals surface area contributed by atoms with E-state index in [0.717, 1.165) is 24.4 Å². The topological polar surface area (TPSA) is 117 Å². The molecule has 0 saturated heterocycles. The van der Waals surface area contributed by atoms with E-state index in [-0.39, 0.29) is 23.7 Å². The fraction of sp³-hybridized carbons (Fsp3) is 0.214. The number of halogens is 2. The molecular weight excluding hydrogens is 310 g/mol. The molecule has 0 atom stereocenters. The van der Waals surface area contributed by atoms with E-state index in [1.165, 1.54) is 0 Å². The number of nitrogens with two attached hydrogens (primary N) is 2. The molecule has 0 unspecified atom stereocenters. The number of allylic oxidation sites excluding steroid dienone is 1. The number of rotatable bonds is 3. The van der Waals surface area contributed by atoms with Crippen molar-refractivity contribution in [3.8, 4) is 5.75 Å². The van der Waals surface area contributed by atoms with Crippen LogP contribution in [-0.2, 0) is 0 Å². The SMILES string of the molecule is CC.NC1=NC=CC(Oc2c(F)cc(N)cc2F)=C([N+](=O)[O-])C1. The molecule has 0 saturated carbocycles. The quantitative estimate of drug-likeness (QED) is 0.503. The smallest absolute Gasteiger partial charge is 0.295 e. The second-order valence-electron chi connectivity index (χ2n) is 4.10. The molecule has 0 amide bonds. The molecule has 0 radical (unpaired) electrons. The van der Waals surface area contributed by atoms with Crippen molar-refractivity contribution in [1.82, 2.24) is 0 Å². The zero-order valence-corrected chi connectivity index (χ0v) is 12.5. The van der Waals surface area contributed by atoms with Gasteiger partial charge in [0.15, 0.2) is 17.4 Å². The van der Waals surface area contributed by atoms with Crippen molar-refractivity contribution >= 4 is 11.5 Å². The third-order valence-corrected chi connectivity index (χ3v) is 2.55. The summed E-state index contributed by atoms with van der Waals surface area (Å²) in [5.74, 6) is -3.31. The van der Waals surface area contributed by atoms with Crippen LogP contribution in [0.3, 0.4) is 0 Å². The van der Waals surface area contributed by atoms with Crippen molar-refractivity contribution in [3.05, 3.63) is 57.6 Å². The maximum absolute atomic E-state index is 13.7. The fourth-order valence-corrected chi connectivity index (χ4v) is 1.64. The molecule has 7 nitrogen and oxygen atoms in total. The van der Waals surface area contributed by atoms with Crippen LogP contribution in [0.4, 0.5) is 14.5 Å². The van der Waals surface area contributed by atoms with E-state index < -0.39 is 28.0 Å². The Kier molecular flexibility index (Phi) is 6.19. The molecule has 0 fully saturated rings. The lowest BCUT2D eigenvalue weighted by Crippen LogP contribution is -2.16. The minimum absolute atomic E-state index is 0.0187. The lowest BCUT2D eigenvalue weighted by Gasteiger charge is -2.09. The van der Waals surface area contributed by atoms with Crippen LogP contribution < -0.4 is 16.2 Å². The molecular formula is C14H16F2N4O3. The monoisotopic (exact) mass is 326 g/mol. The highest BCUT2D eigenvalue weighted by molar-refractivity contribution is 5.83. The summed E-state index contributed by atoms with van der Waals surface area (Å²) in [6.45, 7) is 4.00. The van der Waals surface area contributed by atoms with Gasteiger partial charge in [-0.15, -0.1) is 0 Å². The molecule has 1 aromatic carbocycles. The van der Waals surface area contributed by atoms with Crippen LogP contribution in [-0.4, -0.2) is 10.8 Å². The Bertz CT molecular complexity index is 676. The largest absolute Gasteiger partial charge is 0.444 e. The van der Waals surface area contributed by atoms with Gasteiger partial charge in [-0.1, -0.05) is 13.8 Å². The lowest BCUT2D eigenvalue weighted by molar-refractivity contribution is -0.428. The minimum Gasteiger partial charge on any atom is -0.444 e. The highest BCUT2D eigenvalue weighted by Gasteiger charge is 2.24.